The maximum Gasteiger partial charge on any atom is 0.134 e. The lowest BCUT2D eigenvalue weighted by Crippen LogP contribution is -2.04. The van der Waals surface area contributed by atoms with Gasteiger partial charge in [0.15, 0.2) is 0 Å². The fourth-order valence-corrected chi connectivity index (χ4v) is 2.27. The third-order valence-corrected chi connectivity index (χ3v) is 3.48. The van der Waals surface area contributed by atoms with Crippen LogP contribution in [0.1, 0.15) is 44.1 Å². The van der Waals surface area contributed by atoms with Gasteiger partial charge in [-0.1, -0.05) is 38.5 Å². The van der Waals surface area contributed by atoms with Gasteiger partial charge in [0.1, 0.15) is 11.3 Å². The molecule has 1 aromatic heterocycles. The summed E-state index contributed by atoms with van der Waals surface area (Å²) in [6, 6.07) is 7.90. The normalized spacial score (nSPS) is 15.1. The lowest BCUT2D eigenvalue weighted by Gasteiger charge is -2.14. The van der Waals surface area contributed by atoms with Crippen LogP contribution in [0, 0.1) is 12.8 Å². The van der Waals surface area contributed by atoms with Gasteiger partial charge in [0, 0.05) is 10.9 Å². The van der Waals surface area contributed by atoms with Crippen LogP contribution in [-0.2, 0) is 0 Å². The Morgan fingerprint density at radius 2 is 2.00 bits per heavy atom. The molecule has 0 aliphatic heterocycles. The third kappa shape index (κ3) is 2.37. The fraction of sp³-hybridized carbons (Fsp3) is 0.467. The molecule has 2 unspecified atom stereocenters. The smallest absolute Gasteiger partial charge is 0.134 e. The summed E-state index contributed by atoms with van der Waals surface area (Å²) in [5, 5.41) is 11.4. The number of para-hydroxylation sites is 1. The highest BCUT2D eigenvalue weighted by molar-refractivity contribution is 5.82. The molecule has 0 fully saturated rings. The van der Waals surface area contributed by atoms with Gasteiger partial charge in [-0.25, -0.2) is 0 Å². The van der Waals surface area contributed by atoms with Crippen molar-refractivity contribution < 1.29 is 9.52 Å². The van der Waals surface area contributed by atoms with E-state index in [1.165, 1.54) is 0 Å². The molecule has 0 saturated heterocycles. The van der Waals surface area contributed by atoms with Crippen LogP contribution < -0.4 is 0 Å². The van der Waals surface area contributed by atoms with E-state index in [-0.39, 0.29) is 0 Å². The number of benzene rings is 1. The van der Waals surface area contributed by atoms with Crippen molar-refractivity contribution in [3.8, 4) is 0 Å². The van der Waals surface area contributed by atoms with Gasteiger partial charge in [-0.2, -0.15) is 0 Å². The predicted octanol–water partition coefficient (Wildman–Crippen LogP) is 4.21. The van der Waals surface area contributed by atoms with Crippen LogP contribution in [-0.4, -0.2) is 5.11 Å². The standard InChI is InChI=1S/C15H20O2/c1-4-10(2)9-13(16)15-11(3)17-14-8-6-5-7-12(14)15/h5-8,10,13,16H,4,9H2,1-3H3. The summed E-state index contributed by atoms with van der Waals surface area (Å²) in [7, 11) is 0. The predicted molar refractivity (Wildman–Crippen MR) is 70.0 cm³/mol. The lowest BCUT2D eigenvalue weighted by atomic mass is 9.95. The Balaban J connectivity index is 2.37. The lowest BCUT2D eigenvalue weighted by molar-refractivity contribution is 0.146. The molecule has 92 valence electrons. The number of aliphatic hydroxyl groups excluding tert-OH is 1. The van der Waals surface area contributed by atoms with E-state index in [0.29, 0.717) is 5.92 Å². The molecule has 2 rings (SSSR count). The highest BCUT2D eigenvalue weighted by atomic mass is 16.3. The molecule has 0 bridgehead atoms. The first-order chi connectivity index (χ1) is 8.13. The maximum absolute atomic E-state index is 10.3. The molecule has 2 aromatic rings. The van der Waals surface area contributed by atoms with Crippen LogP contribution in [0.4, 0.5) is 0 Å². The Bertz CT molecular complexity index is 499. The largest absolute Gasteiger partial charge is 0.461 e. The zero-order valence-corrected chi connectivity index (χ0v) is 10.7. The van der Waals surface area contributed by atoms with Gasteiger partial charge in [-0.15, -0.1) is 0 Å². The summed E-state index contributed by atoms with van der Waals surface area (Å²) in [6.07, 6.45) is 1.46. The summed E-state index contributed by atoms with van der Waals surface area (Å²) >= 11 is 0. The van der Waals surface area contributed by atoms with Gasteiger partial charge < -0.3 is 9.52 Å². The summed E-state index contributed by atoms with van der Waals surface area (Å²) in [4.78, 5) is 0. The summed E-state index contributed by atoms with van der Waals surface area (Å²) in [5.41, 5.74) is 1.82. The molecular formula is C15H20O2. The number of aryl methyl sites for hydroxylation is 1. The molecule has 2 atom stereocenters. The molecule has 0 aliphatic carbocycles. The van der Waals surface area contributed by atoms with E-state index in [2.05, 4.69) is 13.8 Å². The molecule has 0 radical (unpaired) electrons. The molecule has 2 nitrogen and oxygen atoms in total. The van der Waals surface area contributed by atoms with Gasteiger partial charge >= 0.3 is 0 Å². The minimum Gasteiger partial charge on any atom is -0.461 e. The minimum atomic E-state index is -0.423. The van der Waals surface area contributed by atoms with Crippen LogP contribution in [0.5, 0.6) is 0 Å². The molecule has 1 heterocycles. The first kappa shape index (κ1) is 12.2. The van der Waals surface area contributed by atoms with Crippen molar-refractivity contribution in [1.29, 1.82) is 0 Å². The van der Waals surface area contributed by atoms with E-state index in [4.69, 9.17) is 4.42 Å². The molecule has 0 amide bonds. The molecule has 1 aromatic carbocycles. The van der Waals surface area contributed by atoms with Crippen molar-refractivity contribution in [2.45, 2.75) is 39.7 Å². The number of hydrogen-bond donors (Lipinski definition) is 1. The van der Waals surface area contributed by atoms with E-state index >= 15 is 0 Å². The summed E-state index contributed by atoms with van der Waals surface area (Å²) in [5.74, 6) is 1.36. The summed E-state index contributed by atoms with van der Waals surface area (Å²) < 4.78 is 5.68. The maximum atomic E-state index is 10.3. The number of fused-ring (bicyclic) bond motifs is 1. The van der Waals surface area contributed by atoms with E-state index in [9.17, 15) is 5.11 Å². The molecule has 0 saturated carbocycles. The van der Waals surface area contributed by atoms with Crippen molar-refractivity contribution in [3.05, 3.63) is 35.6 Å². The van der Waals surface area contributed by atoms with Crippen LogP contribution in [0.3, 0.4) is 0 Å². The van der Waals surface area contributed by atoms with Crippen molar-refractivity contribution in [2.24, 2.45) is 5.92 Å². The van der Waals surface area contributed by atoms with E-state index in [1.807, 2.05) is 31.2 Å². The van der Waals surface area contributed by atoms with Crippen LogP contribution >= 0.6 is 0 Å². The molecule has 1 N–H and O–H groups in total. The highest BCUT2D eigenvalue weighted by Crippen LogP contribution is 2.33. The zero-order valence-electron chi connectivity index (χ0n) is 10.7. The number of rotatable bonds is 4. The van der Waals surface area contributed by atoms with E-state index in [0.717, 1.165) is 35.1 Å². The average Bonchev–Trinajstić information content (AvgIpc) is 2.64. The topological polar surface area (TPSA) is 33.4 Å². The van der Waals surface area contributed by atoms with Crippen LogP contribution in [0.25, 0.3) is 11.0 Å². The van der Waals surface area contributed by atoms with Gasteiger partial charge in [-0.05, 0) is 25.3 Å². The zero-order chi connectivity index (χ0) is 12.4. The van der Waals surface area contributed by atoms with Gasteiger partial charge in [0.2, 0.25) is 0 Å². The Kier molecular flexibility index (Phi) is 3.53. The van der Waals surface area contributed by atoms with Gasteiger partial charge in [0.25, 0.3) is 0 Å². The molecule has 0 aliphatic rings. The Morgan fingerprint density at radius 1 is 1.29 bits per heavy atom. The second-order valence-corrected chi connectivity index (χ2v) is 4.83. The van der Waals surface area contributed by atoms with E-state index in [1.54, 1.807) is 0 Å². The van der Waals surface area contributed by atoms with Crippen LogP contribution in [0.2, 0.25) is 0 Å². The van der Waals surface area contributed by atoms with Gasteiger partial charge in [-0.3, -0.25) is 0 Å². The fourth-order valence-electron chi connectivity index (χ4n) is 2.27. The van der Waals surface area contributed by atoms with Crippen molar-refractivity contribution in [2.75, 3.05) is 0 Å². The quantitative estimate of drug-likeness (QED) is 0.856. The minimum absolute atomic E-state index is 0.423. The SMILES string of the molecule is CCC(C)CC(O)c1c(C)oc2ccccc12. The molecule has 2 heteroatoms. The molecule has 0 spiro atoms. The Labute approximate surface area is 102 Å². The first-order valence-corrected chi connectivity index (χ1v) is 6.29. The molecular weight excluding hydrogens is 212 g/mol. The highest BCUT2D eigenvalue weighted by Gasteiger charge is 2.19. The third-order valence-electron chi connectivity index (χ3n) is 3.48. The van der Waals surface area contributed by atoms with E-state index < -0.39 is 6.10 Å². The van der Waals surface area contributed by atoms with Crippen molar-refractivity contribution in [1.82, 2.24) is 0 Å². The van der Waals surface area contributed by atoms with Crippen molar-refractivity contribution >= 4 is 11.0 Å². The monoisotopic (exact) mass is 232 g/mol. The summed E-state index contributed by atoms with van der Waals surface area (Å²) in [6.45, 7) is 6.24. The number of hydrogen-bond acceptors (Lipinski definition) is 2. The number of aliphatic hydroxyl groups is 1. The van der Waals surface area contributed by atoms with Crippen LogP contribution in [0.15, 0.2) is 28.7 Å². The second kappa shape index (κ2) is 4.92. The first-order valence-electron chi connectivity index (χ1n) is 6.29. The van der Waals surface area contributed by atoms with Gasteiger partial charge in [0.05, 0.1) is 6.10 Å². The Morgan fingerprint density at radius 3 is 2.71 bits per heavy atom. The number of furan rings is 1. The molecule has 17 heavy (non-hydrogen) atoms. The average molecular weight is 232 g/mol. The second-order valence-electron chi connectivity index (χ2n) is 4.83. The van der Waals surface area contributed by atoms with Crippen molar-refractivity contribution in [3.63, 3.8) is 0 Å². The Hall–Kier alpha value is -1.28.